The number of phenols is 1. The first-order valence-electron chi connectivity index (χ1n) is 11.1. The molecule has 0 saturated carbocycles. The number of nitrogens with zero attached hydrogens (tertiary/aromatic N) is 6. The summed E-state index contributed by atoms with van der Waals surface area (Å²) in [4.78, 5) is 23.5. The second kappa shape index (κ2) is 10.9. The lowest BCUT2D eigenvalue weighted by Crippen LogP contribution is -2.33. The Balaban J connectivity index is 1.68. The third kappa shape index (κ3) is 6.47. The standard InChI is InChI=1S/C23H18N6O10S2/c1-12-10-18(19(41(37,38)39)11-17(12)25-24-13-2-6-15(30)7-3-13)26-27-20-21(23(32)33)28-29(22(20)31)14-4-8-16(9-5-14)40(34,35)36/h2-11,20,30H,1H3,(H,32,33)(H,34,35,36)(H,37,38,39). The van der Waals surface area contributed by atoms with Crippen molar-refractivity contribution in [1.82, 2.24) is 0 Å². The van der Waals surface area contributed by atoms with Gasteiger partial charge in [0, 0.05) is 0 Å². The Hall–Kier alpha value is -4.91. The van der Waals surface area contributed by atoms with Gasteiger partial charge in [-0.25, -0.2) is 4.79 Å². The van der Waals surface area contributed by atoms with Crippen LogP contribution in [0.3, 0.4) is 0 Å². The largest absolute Gasteiger partial charge is 0.508 e. The second-order valence-corrected chi connectivity index (χ2v) is 11.1. The minimum absolute atomic E-state index is 0.00136. The number of aliphatic carboxylic acids is 1. The Morgan fingerprint density at radius 1 is 0.878 bits per heavy atom. The number of carboxylic acids is 1. The van der Waals surface area contributed by atoms with Gasteiger partial charge in [0.05, 0.1) is 22.0 Å². The van der Waals surface area contributed by atoms with Gasteiger partial charge in [-0.15, -0.1) is 0 Å². The van der Waals surface area contributed by atoms with Gasteiger partial charge in [0.15, 0.2) is 5.71 Å². The van der Waals surface area contributed by atoms with E-state index in [2.05, 4.69) is 25.6 Å². The fraction of sp³-hybridized carbons (Fsp3) is 0.0870. The molecule has 3 aromatic carbocycles. The van der Waals surface area contributed by atoms with E-state index in [1.54, 1.807) is 0 Å². The minimum Gasteiger partial charge on any atom is -0.508 e. The third-order valence-electron chi connectivity index (χ3n) is 5.47. The monoisotopic (exact) mass is 602 g/mol. The highest BCUT2D eigenvalue weighted by Gasteiger charge is 2.41. The van der Waals surface area contributed by atoms with Crippen molar-refractivity contribution in [2.45, 2.75) is 22.8 Å². The van der Waals surface area contributed by atoms with E-state index in [0.717, 1.165) is 30.3 Å². The predicted octanol–water partition coefficient (Wildman–Crippen LogP) is 3.55. The van der Waals surface area contributed by atoms with E-state index in [1.807, 2.05) is 0 Å². The van der Waals surface area contributed by atoms with Crippen LogP contribution in [0.4, 0.5) is 22.7 Å². The molecule has 0 radical (unpaired) electrons. The quantitative estimate of drug-likeness (QED) is 0.215. The molecule has 18 heteroatoms. The molecule has 3 aromatic rings. The van der Waals surface area contributed by atoms with Crippen LogP contribution in [0, 0.1) is 6.92 Å². The first-order chi connectivity index (χ1) is 19.1. The number of rotatable bonds is 8. The van der Waals surface area contributed by atoms with Crippen molar-refractivity contribution in [2.24, 2.45) is 25.6 Å². The third-order valence-corrected chi connectivity index (χ3v) is 7.22. The summed E-state index contributed by atoms with van der Waals surface area (Å²) in [6, 6.07) is 10.0. The van der Waals surface area contributed by atoms with Crippen molar-refractivity contribution < 1.29 is 45.7 Å². The van der Waals surface area contributed by atoms with Crippen LogP contribution in [0.5, 0.6) is 5.75 Å². The van der Waals surface area contributed by atoms with Crippen LogP contribution in [0.2, 0.25) is 0 Å². The van der Waals surface area contributed by atoms with Crippen LogP contribution in [0.1, 0.15) is 5.56 Å². The molecule has 41 heavy (non-hydrogen) atoms. The van der Waals surface area contributed by atoms with Crippen LogP contribution in [0.25, 0.3) is 0 Å². The van der Waals surface area contributed by atoms with Gasteiger partial charge < -0.3 is 10.2 Å². The highest BCUT2D eigenvalue weighted by molar-refractivity contribution is 7.86. The molecule has 4 rings (SSSR count). The van der Waals surface area contributed by atoms with Gasteiger partial charge in [-0.1, -0.05) is 0 Å². The van der Waals surface area contributed by atoms with Gasteiger partial charge in [-0.05, 0) is 73.2 Å². The zero-order valence-corrected chi connectivity index (χ0v) is 22.2. The summed E-state index contributed by atoms with van der Waals surface area (Å²) in [7, 11) is -9.45. The number of anilines is 1. The molecule has 0 saturated heterocycles. The van der Waals surface area contributed by atoms with Crippen LogP contribution in [-0.4, -0.2) is 59.8 Å². The van der Waals surface area contributed by atoms with Crippen LogP contribution >= 0.6 is 0 Å². The molecule has 1 atom stereocenters. The SMILES string of the molecule is Cc1cc(N=NC2C(=O)N(c3ccc(S(=O)(=O)O)cc3)N=C2C(=O)O)c(S(=O)(=O)O)cc1N=Nc1ccc(O)cc1. The molecule has 1 amide bonds. The maximum atomic E-state index is 13.0. The molecule has 1 aliphatic rings. The van der Waals surface area contributed by atoms with Crippen LogP contribution in [-0.2, 0) is 29.8 Å². The number of hydrazone groups is 1. The van der Waals surface area contributed by atoms with Crippen LogP contribution < -0.4 is 5.01 Å². The average molecular weight is 603 g/mol. The molecule has 16 nitrogen and oxygen atoms in total. The molecule has 0 aromatic heterocycles. The summed E-state index contributed by atoms with van der Waals surface area (Å²) in [6.45, 7) is 1.51. The van der Waals surface area contributed by atoms with Gasteiger partial charge >= 0.3 is 5.97 Å². The molecule has 0 fully saturated rings. The Morgan fingerprint density at radius 2 is 1.51 bits per heavy atom. The normalized spacial score (nSPS) is 16.1. The molecule has 1 heterocycles. The highest BCUT2D eigenvalue weighted by atomic mass is 32.2. The Kier molecular flexibility index (Phi) is 7.75. The first-order valence-corrected chi connectivity index (χ1v) is 14.0. The number of amides is 1. The molecule has 4 N–H and O–H groups in total. The predicted molar refractivity (Wildman–Crippen MR) is 140 cm³/mol. The molecule has 0 bridgehead atoms. The van der Waals surface area contributed by atoms with Gasteiger partial charge in [0.2, 0.25) is 6.04 Å². The maximum absolute atomic E-state index is 13.0. The lowest BCUT2D eigenvalue weighted by atomic mass is 10.2. The van der Waals surface area contributed by atoms with E-state index < -0.39 is 59.3 Å². The van der Waals surface area contributed by atoms with E-state index in [1.165, 1.54) is 37.3 Å². The van der Waals surface area contributed by atoms with E-state index >= 15 is 0 Å². The van der Waals surface area contributed by atoms with Crippen LogP contribution in [0.15, 0.2) is 96.0 Å². The summed E-state index contributed by atoms with van der Waals surface area (Å²) in [6.07, 6.45) is 0. The Bertz CT molecular complexity index is 1850. The lowest BCUT2D eigenvalue weighted by molar-refractivity contribution is -0.130. The zero-order valence-electron chi connectivity index (χ0n) is 20.6. The first kappa shape index (κ1) is 29.1. The molecule has 1 aliphatic heterocycles. The molecular formula is C23H18N6O10S2. The summed E-state index contributed by atoms with van der Waals surface area (Å²) in [5, 5.41) is 38.6. The van der Waals surface area contributed by atoms with Gasteiger partial charge in [-0.2, -0.15) is 47.4 Å². The Labute approximate surface area is 231 Å². The average Bonchev–Trinajstić information content (AvgIpc) is 3.23. The summed E-state index contributed by atoms with van der Waals surface area (Å²) < 4.78 is 65.6. The number of phenolic OH excluding ortho intramolecular Hbond substituents is 1. The second-order valence-electron chi connectivity index (χ2n) is 8.33. The fourth-order valence-corrected chi connectivity index (χ4v) is 4.56. The van der Waals surface area contributed by atoms with E-state index in [9.17, 15) is 41.2 Å². The molecular weight excluding hydrogens is 584 g/mol. The molecule has 0 spiro atoms. The van der Waals surface area contributed by atoms with Gasteiger partial charge in [0.25, 0.3) is 26.1 Å². The number of carbonyl (C=O) groups excluding carboxylic acids is 1. The van der Waals surface area contributed by atoms with Crippen molar-refractivity contribution in [2.75, 3.05) is 5.01 Å². The van der Waals surface area contributed by atoms with Gasteiger partial charge in [0.1, 0.15) is 16.3 Å². The topological polar surface area (TPSA) is 248 Å². The molecule has 1 unspecified atom stereocenters. The van der Waals surface area contributed by atoms with Gasteiger partial charge in [-0.3, -0.25) is 13.9 Å². The number of carboxylic acid groups (broad SMARTS) is 1. The summed E-state index contributed by atoms with van der Waals surface area (Å²) >= 11 is 0. The lowest BCUT2D eigenvalue weighted by Gasteiger charge is -2.12. The number of hydrogen-bond acceptors (Lipinski definition) is 12. The summed E-state index contributed by atoms with van der Waals surface area (Å²) in [5.41, 5.74) is -0.606. The number of azo groups is 2. The smallest absolute Gasteiger partial charge is 0.355 e. The Morgan fingerprint density at radius 3 is 2.07 bits per heavy atom. The van der Waals surface area contributed by atoms with Crippen molar-refractivity contribution in [3.63, 3.8) is 0 Å². The molecule has 0 aliphatic carbocycles. The molecule has 212 valence electrons. The van der Waals surface area contributed by atoms with E-state index in [-0.39, 0.29) is 17.1 Å². The highest BCUT2D eigenvalue weighted by Crippen LogP contribution is 2.34. The number of aryl methyl sites for hydroxylation is 1. The summed E-state index contributed by atoms with van der Waals surface area (Å²) in [5.74, 6) is -2.66. The van der Waals surface area contributed by atoms with Crippen molar-refractivity contribution >= 4 is 60.6 Å². The van der Waals surface area contributed by atoms with Crippen molar-refractivity contribution in [1.29, 1.82) is 0 Å². The van der Waals surface area contributed by atoms with Crippen molar-refractivity contribution in [3.8, 4) is 5.75 Å². The maximum Gasteiger partial charge on any atom is 0.355 e. The van der Waals surface area contributed by atoms with E-state index in [0.29, 0.717) is 16.3 Å². The van der Waals surface area contributed by atoms with E-state index in [4.69, 9.17) is 4.55 Å². The zero-order chi connectivity index (χ0) is 30.1. The van der Waals surface area contributed by atoms with Crippen molar-refractivity contribution in [3.05, 3.63) is 66.2 Å². The number of hydrogen-bond donors (Lipinski definition) is 4. The minimum atomic E-state index is -4.92. The number of aromatic hydroxyl groups is 1. The number of benzene rings is 3. The number of carbonyl (C=O) groups is 2. The fourth-order valence-electron chi connectivity index (χ4n) is 3.46.